The van der Waals surface area contributed by atoms with Gasteiger partial charge in [0.15, 0.2) is 0 Å². The lowest BCUT2D eigenvalue weighted by atomic mass is 10.2. The van der Waals surface area contributed by atoms with Gasteiger partial charge in [0, 0.05) is 6.42 Å². The van der Waals surface area contributed by atoms with Gasteiger partial charge in [-0.15, -0.1) is 0 Å². The first-order chi connectivity index (χ1) is 19.2. The van der Waals surface area contributed by atoms with Crippen molar-refractivity contribution in [3.05, 3.63) is 48.6 Å². The second-order valence-electron chi connectivity index (χ2n) is 8.03. The van der Waals surface area contributed by atoms with E-state index in [0.717, 1.165) is 32.1 Å². The molecule has 1 unspecified atom stereocenters. The summed E-state index contributed by atoms with van der Waals surface area (Å²) in [5, 5.41) is -3.51. The third-order valence-electron chi connectivity index (χ3n) is 4.41. The maximum absolute atomic E-state index is 12.0. The molecule has 0 saturated heterocycles. The van der Waals surface area contributed by atoms with Crippen LogP contribution in [0.2, 0.25) is 0 Å². The SMILES string of the molecule is CCCCC/C=C\C/C=C\C/C=C\C/C=C\CCCC(=O)Cl.O=C(Cl)C(Cl)(Cl)C(Cl)(Cl)Cl.O=C(Cl)C(F)(Br)C(F)(F)F. The van der Waals surface area contributed by atoms with E-state index in [9.17, 15) is 31.9 Å². The van der Waals surface area contributed by atoms with Crippen LogP contribution in [-0.4, -0.2) is 34.6 Å². The van der Waals surface area contributed by atoms with E-state index < -0.39 is 29.4 Å². The van der Waals surface area contributed by atoms with Gasteiger partial charge in [0.2, 0.25) is 13.4 Å². The average molecular weight is 831 g/mol. The first-order valence-electron chi connectivity index (χ1n) is 12.2. The van der Waals surface area contributed by atoms with Crippen LogP contribution >= 0.6 is 109 Å². The van der Waals surface area contributed by atoms with Crippen LogP contribution in [0.4, 0.5) is 17.6 Å². The zero-order valence-corrected chi connectivity index (χ0v) is 30.0. The van der Waals surface area contributed by atoms with Gasteiger partial charge >= 0.3 is 10.8 Å². The average Bonchev–Trinajstić information content (AvgIpc) is 2.85. The molecule has 244 valence electrons. The van der Waals surface area contributed by atoms with Crippen molar-refractivity contribution in [3.8, 4) is 0 Å². The zero-order valence-electron chi connectivity index (χ0n) is 22.3. The molecule has 0 saturated carbocycles. The zero-order chi connectivity index (χ0) is 33.5. The summed E-state index contributed by atoms with van der Waals surface area (Å²) in [6.07, 6.45) is 22.7. The Morgan fingerprint density at radius 1 is 0.643 bits per heavy atom. The molecule has 0 amide bonds. The molecule has 0 heterocycles. The van der Waals surface area contributed by atoms with E-state index in [1.807, 2.05) is 0 Å². The van der Waals surface area contributed by atoms with E-state index in [-0.39, 0.29) is 5.24 Å². The quantitative estimate of drug-likeness (QED) is 0.0512. The fraction of sp³-hybridized carbons (Fsp3) is 0.577. The highest BCUT2D eigenvalue weighted by Gasteiger charge is 2.59. The van der Waals surface area contributed by atoms with E-state index in [0.29, 0.717) is 6.42 Å². The van der Waals surface area contributed by atoms with Gasteiger partial charge in [-0.25, -0.2) is 4.39 Å². The second kappa shape index (κ2) is 25.7. The van der Waals surface area contributed by atoms with Gasteiger partial charge < -0.3 is 0 Å². The number of carbonyl (C=O) groups excluding carboxylic acids is 3. The molecule has 0 spiro atoms. The Kier molecular flexibility index (Phi) is 28.7. The molecule has 42 heavy (non-hydrogen) atoms. The van der Waals surface area contributed by atoms with Crippen molar-refractivity contribution in [1.29, 1.82) is 0 Å². The summed E-state index contributed by atoms with van der Waals surface area (Å²) in [5.41, 5.74) is 0. The highest BCUT2D eigenvalue weighted by Crippen LogP contribution is 2.47. The molecule has 0 aliphatic heterocycles. The molecule has 0 N–H and O–H groups in total. The van der Waals surface area contributed by atoms with Gasteiger partial charge in [-0.2, -0.15) is 13.2 Å². The van der Waals surface area contributed by atoms with Crippen LogP contribution in [0.3, 0.4) is 0 Å². The van der Waals surface area contributed by atoms with Crippen LogP contribution in [0.1, 0.15) is 71.1 Å². The molecule has 0 bridgehead atoms. The van der Waals surface area contributed by atoms with Crippen LogP contribution in [0.25, 0.3) is 0 Å². The van der Waals surface area contributed by atoms with Gasteiger partial charge in [0.1, 0.15) is 0 Å². The minimum Gasteiger partial charge on any atom is -0.281 e. The van der Waals surface area contributed by atoms with Crippen LogP contribution < -0.4 is 0 Å². The first-order valence-corrected chi connectivity index (χ1v) is 16.0. The number of carbonyl (C=O) groups is 3. The third kappa shape index (κ3) is 25.8. The first kappa shape index (κ1) is 46.9. The Morgan fingerprint density at radius 3 is 1.26 bits per heavy atom. The molecule has 0 aromatic rings. The largest absolute Gasteiger partial charge is 0.441 e. The monoisotopic (exact) mass is 826 g/mol. The molecule has 0 aromatic heterocycles. The van der Waals surface area contributed by atoms with Crippen LogP contribution in [-0.2, 0) is 14.4 Å². The van der Waals surface area contributed by atoms with E-state index in [1.54, 1.807) is 0 Å². The third-order valence-corrected chi connectivity index (χ3v) is 8.71. The summed E-state index contributed by atoms with van der Waals surface area (Å²) in [7, 11) is 0. The maximum atomic E-state index is 12.0. The molecule has 0 radical (unpaired) electrons. The van der Waals surface area contributed by atoms with E-state index in [4.69, 9.17) is 81.2 Å². The fourth-order valence-electron chi connectivity index (χ4n) is 2.14. The molecule has 0 aliphatic carbocycles. The van der Waals surface area contributed by atoms with Gasteiger partial charge in [0.25, 0.3) is 10.5 Å². The van der Waals surface area contributed by atoms with Gasteiger partial charge in [-0.1, -0.05) is 126 Å². The Labute approximate surface area is 293 Å². The fourth-order valence-corrected chi connectivity index (χ4v) is 2.93. The highest BCUT2D eigenvalue weighted by atomic mass is 79.9. The number of hydrogen-bond donors (Lipinski definition) is 0. The van der Waals surface area contributed by atoms with Crippen molar-refractivity contribution in [2.75, 3.05) is 0 Å². The smallest absolute Gasteiger partial charge is 0.281 e. The molecule has 0 rings (SSSR count). The Bertz CT molecular complexity index is 865. The number of allylic oxidation sites excluding steroid dienone is 8. The number of hydrogen-bond acceptors (Lipinski definition) is 3. The summed E-state index contributed by atoms with van der Waals surface area (Å²) < 4.78 is 37.7. The van der Waals surface area contributed by atoms with Gasteiger partial charge in [-0.05, 0) is 95.7 Å². The molecule has 0 fully saturated rings. The molecule has 0 aliphatic rings. The van der Waals surface area contributed by atoms with Crippen molar-refractivity contribution in [3.63, 3.8) is 0 Å². The predicted octanol–water partition coefficient (Wildman–Crippen LogP) is 12.6. The van der Waals surface area contributed by atoms with Crippen molar-refractivity contribution in [2.24, 2.45) is 0 Å². The topological polar surface area (TPSA) is 51.2 Å². The Morgan fingerprint density at radius 2 is 1.02 bits per heavy atom. The molecule has 1 atom stereocenters. The maximum Gasteiger partial charge on any atom is 0.441 e. The minimum absolute atomic E-state index is 0.240. The van der Waals surface area contributed by atoms with E-state index >= 15 is 0 Å². The second-order valence-corrected chi connectivity index (χ2v) is 13.8. The normalized spacial score (nSPS) is 14.0. The van der Waals surface area contributed by atoms with E-state index in [1.165, 1.54) is 41.6 Å². The number of unbranched alkanes of at least 4 members (excludes halogenated alkanes) is 4. The minimum atomic E-state index is -5.31. The van der Waals surface area contributed by atoms with Crippen molar-refractivity contribution >= 4 is 124 Å². The molecule has 0 aromatic carbocycles. The lowest BCUT2D eigenvalue weighted by molar-refractivity contribution is -0.190. The Balaban J connectivity index is -0.000000629. The van der Waals surface area contributed by atoms with Gasteiger partial charge in [-0.3, -0.25) is 14.4 Å². The number of halogens is 13. The summed E-state index contributed by atoms with van der Waals surface area (Å²) in [6, 6.07) is 0. The van der Waals surface area contributed by atoms with Crippen molar-refractivity contribution < 1.29 is 31.9 Å². The summed E-state index contributed by atoms with van der Waals surface area (Å²) >= 11 is 41.9. The summed E-state index contributed by atoms with van der Waals surface area (Å²) in [5.74, 6) is 0. The molecule has 16 heteroatoms. The van der Waals surface area contributed by atoms with Gasteiger partial charge in [0.05, 0.1) is 0 Å². The number of alkyl halides is 10. The lowest BCUT2D eigenvalue weighted by Gasteiger charge is -2.22. The van der Waals surface area contributed by atoms with Crippen molar-refractivity contribution in [1.82, 2.24) is 0 Å². The number of rotatable bonds is 16. The van der Waals surface area contributed by atoms with Crippen LogP contribution in [0, 0.1) is 0 Å². The molecule has 3 nitrogen and oxygen atoms in total. The molecular weight excluding hydrogens is 800 g/mol. The highest BCUT2D eigenvalue weighted by molar-refractivity contribution is 9.10. The van der Waals surface area contributed by atoms with Crippen LogP contribution in [0.15, 0.2) is 48.6 Å². The predicted molar refractivity (Wildman–Crippen MR) is 175 cm³/mol. The molecular formula is C26H31BrCl8F4O3. The summed E-state index contributed by atoms with van der Waals surface area (Å²) in [6.45, 7) is 2.24. The lowest BCUT2D eigenvalue weighted by Crippen LogP contribution is -2.39. The Hall–Kier alpha value is 0.490. The van der Waals surface area contributed by atoms with E-state index in [2.05, 4.69) is 67.1 Å². The van der Waals surface area contributed by atoms with Crippen molar-refractivity contribution in [2.45, 2.75) is 90.0 Å². The summed E-state index contributed by atoms with van der Waals surface area (Å²) in [4.78, 5) is 30.6. The van der Waals surface area contributed by atoms with Crippen LogP contribution in [0.5, 0.6) is 0 Å². The standard InChI is InChI=1S/C20H31ClO.C3BrClF4O.C3Cl6O/c1-2-3-4-5-6-7-8-9-10-11-12-13-14-15-16-17-18-19-20(21)22;4-2(6,1(5)10)3(7,8)9;4-1(10)2(5,6)3(7,8)9/h6-7,9-10,12-13,15-16H,2-5,8,11,14,17-19H2,1H3;;/b7-6-,10-9-,13-12-,16-15-;;.